The molecule has 0 amide bonds. The smallest absolute Gasteiger partial charge is 0.0618 e. The van der Waals surface area contributed by atoms with Crippen LogP contribution in [-0.4, -0.2) is 34.7 Å². The Morgan fingerprint density at radius 2 is 2.36 bits per heavy atom. The zero-order chi connectivity index (χ0) is 10.3. The lowest BCUT2D eigenvalue weighted by atomic mass is 9.93. The molecule has 2 atom stereocenters. The standard InChI is InChI=1S/C12H21NO/c1-9(2)11-4-5-12(8-14)6-10(3)7-13(11)12/h9,11,14H,3-8H2,1-2H3. The van der Waals surface area contributed by atoms with Crippen LogP contribution in [0.15, 0.2) is 12.2 Å². The van der Waals surface area contributed by atoms with Gasteiger partial charge in [-0.15, -0.1) is 0 Å². The van der Waals surface area contributed by atoms with Gasteiger partial charge in [0.2, 0.25) is 0 Å². The molecule has 2 heterocycles. The fourth-order valence-electron chi connectivity index (χ4n) is 3.22. The summed E-state index contributed by atoms with van der Waals surface area (Å²) in [6.45, 7) is 9.93. The van der Waals surface area contributed by atoms with Crippen molar-refractivity contribution in [3.05, 3.63) is 12.2 Å². The van der Waals surface area contributed by atoms with Crippen LogP contribution >= 0.6 is 0 Å². The van der Waals surface area contributed by atoms with Crippen molar-refractivity contribution in [2.75, 3.05) is 13.2 Å². The van der Waals surface area contributed by atoms with Crippen LogP contribution in [0.5, 0.6) is 0 Å². The van der Waals surface area contributed by atoms with Crippen molar-refractivity contribution in [1.82, 2.24) is 4.90 Å². The van der Waals surface area contributed by atoms with Crippen molar-refractivity contribution < 1.29 is 5.11 Å². The van der Waals surface area contributed by atoms with Crippen molar-refractivity contribution in [3.8, 4) is 0 Å². The van der Waals surface area contributed by atoms with E-state index >= 15 is 0 Å². The van der Waals surface area contributed by atoms with Crippen molar-refractivity contribution in [3.63, 3.8) is 0 Å². The van der Waals surface area contributed by atoms with Crippen LogP contribution in [-0.2, 0) is 0 Å². The largest absolute Gasteiger partial charge is 0.394 e. The molecule has 2 aliphatic heterocycles. The van der Waals surface area contributed by atoms with E-state index in [1.54, 1.807) is 0 Å². The van der Waals surface area contributed by atoms with E-state index < -0.39 is 0 Å². The van der Waals surface area contributed by atoms with E-state index in [1.165, 1.54) is 12.0 Å². The van der Waals surface area contributed by atoms with Crippen LogP contribution in [0.4, 0.5) is 0 Å². The molecule has 0 aromatic heterocycles. The van der Waals surface area contributed by atoms with E-state index in [-0.39, 0.29) is 5.54 Å². The minimum absolute atomic E-state index is 0.0615. The summed E-state index contributed by atoms with van der Waals surface area (Å²) in [6, 6.07) is 0.654. The Morgan fingerprint density at radius 1 is 1.64 bits per heavy atom. The second-order valence-corrected chi connectivity index (χ2v) is 5.29. The SMILES string of the molecule is C=C1CN2C(C(C)C)CCC2(CO)C1. The van der Waals surface area contributed by atoms with E-state index in [0.717, 1.165) is 19.4 Å². The molecule has 2 unspecified atom stereocenters. The van der Waals surface area contributed by atoms with Crippen LogP contribution in [0.25, 0.3) is 0 Å². The number of hydrogen-bond donors (Lipinski definition) is 1. The molecule has 2 nitrogen and oxygen atoms in total. The van der Waals surface area contributed by atoms with Gasteiger partial charge in [0.05, 0.1) is 6.61 Å². The molecule has 0 radical (unpaired) electrons. The predicted molar refractivity (Wildman–Crippen MR) is 58.1 cm³/mol. The number of fused-ring (bicyclic) bond motifs is 1. The first-order chi connectivity index (χ1) is 6.59. The van der Waals surface area contributed by atoms with Crippen molar-refractivity contribution >= 4 is 0 Å². The Morgan fingerprint density at radius 3 is 2.93 bits per heavy atom. The molecule has 0 spiro atoms. The van der Waals surface area contributed by atoms with E-state index in [0.29, 0.717) is 18.6 Å². The Balaban J connectivity index is 2.22. The zero-order valence-electron chi connectivity index (χ0n) is 9.29. The molecule has 2 rings (SSSR count). The molecular weight excluding hydrogens is 174 g/mol. The van der Waals surface area contributed by atoms with E-state index in [1.807, 2.05) is 0 Å². The van der Waals surface area contributed by atoms with Gasteiger partial charge in [0.25, 0.3) is 0 Å². The Labute approximate surface area is 86.6 Å². The highest BCUT2D eigenvalue weighted by molar-refractivity contribution is 5.19. The molecule has 1 N–H and O–H groups in total. The number of nitrogens with zero attached hydrogens (tertiary/aromatic N) is 1. The molecule has 2 fully saturated rings. The van der Waals surface area contributed by atoms with Gasteiger partial charge in [-0.3, -0.25) is 4.90 Å². The summed E-state index contributed by atoms with van der Waals surface area (Å²) in [4.78, 5) is 2.50. The first-order valence-corrected chi connectivity index (χ1v) is 5.63. The molecule has 0 bridgehead atoms. The summed E-state index contributed by atoms with van der Waals surface area (Å²) in [5.74, 6) is 0.689. The number of hydrogen-bond acceptors (Lipinski definition) is 2. The van der Waals surface area contributed by atoms with Gasteiger partial charge in [-0.1, -0.05) is 26.0 Å². The molecule has 0 aromatic carbocycles. The fourth-order valence-corrected chi connectivity index (χ4v) is 3.22. The Kier molecular flexibility index (Phi) is 2.44. The summed E-state index contributed by atoms with van der Waals surface area (Å²) in [5, 5.41) is 9.56. The highest BCUT2D eigenvalue weighted by Crippen LogP contribution is 2.45. The molecule has 0 aromatic rings. The molecule has 2 aliphatic rings. The molecule has 2 saturated heterocycles. The van der Waals surface area contributed by atoms with Gasteiger partial charge in [0, 0.05) is 18.1 Å². The average molecular weight is 195 g/mol. The third-order valence-electron chi connectivity index (χ3n) is 3.95. The van der Waals surface area contributed by atoms with E-state index in [2.05, 4.69) is 25.3 Å². The van der Waals surface area contributed by atoms with Gasteiger partial charge in [-0.25, -0.2) is 0 Å². The number of aliphatic hydroxyl groups excluding tert-OH is 1. The van der Waals surface area contributed by atoms with E-state index in [4.69, 9.17) is 0 Å². The number of rotatable bonds is 2. The third-order valence-corrected chi connectivity index (χ3v) is 3.95. The van der Waals surface area contributed by atoms with Crippen molar-refractivity contribution in [2.45, 2.75) is 44.7 Å². The topological polar surface area (TPSA) is 23.5 Å². The Hall–Kier alpha value is -0.340. The molecule has 0 aliphatic carbocycles. The molecule has 80 valence electrons. The highest BCUT2D eigenvalue weighted by Gasteiger charge is 2.50. The van der Waals surface area contributed by atoms with Gasteiger partial charge in [0.15, 0.2) is 0 Å². The van der Waals surface area contributed by atoms with Gasteiger partial charge >= 0.3 is 0 Å². The van der Waals surface area contributed by atoms with Crippen LogP contribution in [0.3, 0.4) is 0 Å². The van der Waals surface area contributed by atoms with Crippen LogP contribution in [0, 0.1) is 5.92 Å². The zero-order valence-corrected chi connectivity index (χ0v) is 9.29. The van der Waals surface area contributed by atoms with Gasteiger partial charge in [-0.2, -0.15) is 0 Å². The highest BCUT2D eigenvalue weighted by atomic mass is 16.3. The lowest BCUT2D eigenvalue weighted by Gasteiger charge is -2.34. The second-order valence-electron chi connectivity index (χ2n) is 5.29. The van der Waals surface area contributed by atoms with Crippen molar-refractivity contribution in [2.24, 2.45) is 5.92 Å². The summed E-state index contributed by atoms with van der Waals surface area (Å²) in [7, 11) is 0. The minimum atomic E-state index is 0.0615. The summed E-state index contributed by atoms with van der Waals surface area (Å²) in [5.41, 5.74) is 1.36. The summed E-state index contributed by atoms with van der Waals surface area (Å²) < 4.78 is 0. The van der Waals surface area contributed by atoms with E-state index in [9.17, 15) is 5.11 Å². The van der Waals surface area contributed by atoms with Crippen LogP contribution < -0.4 is 0 Å². The predicted octanol–water partition coefficient (Wildman–Crippen LogP) is 1.80. The minimum Gasteiger partial charge on any atom is -0.394 e. The lowest BCUT2D eigenvalue weighted by molar-refractivity contribution is 0.0657. The maximum Gasteiger partial charge on any atom is 0.0618 e. The maximum absolute atomic E-state index is 9.56. The monoisotopic (exact) mass is 195 g/mol. The molecular formula is C12H21NO. The quantitative estimate of drug-likeness (QED) is 0.679. The fraction of sp³-hybridized carbons (Fsp3) is 0.833. The number of aliphatic hydroxyl groups is 1. The van der Waals surface area contributed by atoms with Crippen LogP contribution in [0.2, 0.25) is 0 Å². The summed E-state index contributed by atoms with van der Waals surface area (Å²) in [6.07, 6.45) is 3.39. The molecule has 0 saturated carbocycles. The maximum atomic E-state index is 9.56. The Bertz CT molecular complexity index is 249. The first kappa shape index (κ1) is 10.2. The summed E-state index contributed by atoms with van der Waals surface area (Å²) >= 11 is 0. The van der Waals surface area contributed by atoms with Gasteiger partial charge in [0.1, 0.15) is 0 Å². The third kappa shape index (κ3) is 1.32. The molecule has 14 heavy (non-hydrogen) atoms. The normalized spacial score (nSPS) is 38.3. The lowest BCUT2D eigenvalue weighted by Crippen LogP contribution is -2.46. The molecule has 2 heteroatoms. The average Bonchev–Trinajstić information content (AvgIpc) is 2.58. The van der Waals surface area contributed by atoms with Crippen molar-refractivity contribution in [1.29, 1.82) is 0 Å². The second kappa shape index (κ2) is 3.35. The van der Waals surface area contributed by atoms with Gasteiger partial charge in [-0.05, 0) is 25.2 Å². The first-order valence-electron chi connectivity index (χ1n) is 5.63. The van der Waals surface area contributed by atoms with Crippen LogP contribution in [0.1, 0.15) is 33.1 Å². The van der Waals surface area contributed by atoms with Gasteiger partial charge < -0.3 is 5.11 Å².